The summed E-state index contributed by atoms with van der Waals surface area (Å²) in [4.78, 5) is 15.6. The maximum atomic E-state index is 11.3. The van der Waals surface area contributed by atoms with E-state index in [9.17, 15) is 4.79 Å². The van der Waals surface area contributed by atoms with Crippen molar-refractivity contribution in [1.29, 1.82) is 0 Å². The summed E-state index contributed by atoms with van der Waals surface area (Å²) in [6.07, 6.45) is 0. The maximum absolute atomic E-state index is 11.3. The number of carbonyl (C=O) groups is 1. The van der Waals surface area contributed by atoms with E-state index in [2.05, 4.69) is 15.3 Å². The molecule has 0 bridgehead atoms. The molecule has 5 nitrogen and oxygen atoms in total. The number of hydrogen-bond donors (Lipinski definition) is 0. The van der Waals surface area contributed by atoms with Crippen molar-refractivity contribution in [3.05, 3.63) is 48.2 Å². The first kappa shape index (κ1) is 10.6. The first-order valence-electron chi connectivity index (χ1n) is 5.54. The largest absolute Gasteiger partial charge is 0.293 e. The van der Waals surface area contributed by atoms with Crippen LogP contribution in [0.2, 0.25) is 0 Å². The number of fused-ring (bicyclic) bond motifs is 1. The number of carbonyl (C=O) groups excluding carboxylic acids is 1. The predicted molar refractivity (Wildman–Crippen MR) is 66.7 cm³/mol. The number of ketones is 1. The molecule has 1 aromatic carbocycles. The highest BCUT2D eigenvalue weighted by molar-refractivity contribution is 5.92. The minimum atomic E-state index is -0.0683. The summed E-state index contributed by atoms with van der Waals surface area (Å²) in [5.74, 6) is 0.526. The zero-order valence-electron chi connectivity index (χ0n) is 9.74. The Hall–Kier alpha value is -2.56. The van der Waals surface area contributed by atoms with Crippen molar-refractivity contribution >= 4 is 16.8 Å². The predicted octanol–water partition coefficient (Wildman–Crippen LogP) is 2.02. The lowest BCUT2D eigenvalue weighted by Crippen LogP contribution is -2.04. The summed E-state index contributed by atoms with van der Waals surface area (Å²) in [6, 6.07) is 12.9. The molecule has 3 aromatic rings. The van der Waals surface area contributed by atoms with Crippen LogP contribution in [-0.4, -0.2) is 25.8 Å². The van der Waals surface area contributed by atoms with E-state index in [1.165, 1.54) is 6.92 Å². The number of Topliss-reactive ketones (excluding diaryl/α,β-unsaturated/α-hetero) is 1. The third kappa shape index (κ3) is 1.66. The van der Waals surface area contributed by atoms with Crippen molar-refractivity contribution in [3.8, 4) is 5.82 Å². The molecule has 0 spiro atoms. The maximum Gasteiger partial charge on any atom is 0.178 e. The number of hydrogen-bond acceptors (Lipinski definition) is 4. The standard InChI is InChI=1S/C13H10N4O/c1-9(18)10-6-4-8-13(14-10)17-12-7-3-2-5-11(12)15-16-17/h2-8H,1H3. The molecule has 0 radical (unpaired) electrons. The van der Waals surface area contributed by atoms with Crippen molar-refractivity contribution in [1.82, 2.24) is 20.0 Å². The number of benzene rings is 1. The van der Waals surface area contributed by atoms with E-state index in [-0.39, 0.29) is 5.78 Å². The molecular weight excluding hydrogens is 228 g/mol. The molecule has 2 aromatic heterocycles. The van der Waals surface area contributed by atoms with Crippen LogP contribution in [0.5, 0.6) is 0 Å². The van der Waals surface area contributed by atoms with Gasteiger partial charge in [0.1, 0.15) is 11.2 Å². The van der Waals surface area contributed by atoms with Crippen LogP contribution in [0.15, 0.2) is 42.5 Å². The van der Waals surface area contributed by atoms with E-state index in [4.69, 9.17) is 0 Å². The molecule has 0 saturated carbocycles. The molecule has 0 atom stereocenters. The Labute approximate surface area is 103 Å². The van der Waals surface area contributed by atoms with E-state index in [1.807, 2.05) is 24.3 Å². The van der Waals surface area contributed by atoms with E-state index < -0.39 is 0 Å². The van der Waals surface area contributed by atoms with E-state index in [1.54, 1.807) is 22.9 Å². The summed E-state index contributed by atoms with van der Waals surface area (Å²) >= 11 is 0. The van der Waals surface area contributed by atoms with Crippen LogP contribution in [0.4, 0.5) is 0 Å². The van der Waals surface area contributed by atoms with Crippen molar-refractivity contribution in [2.24, 2.45) is 0 Å². The van der Waals surface area contributed by atoms with Gasteiger partial charge in [0.15, 0.2) is 11.6 Å². The van der Waals surface area contributed by atoms with Crippen molar-refractivity contribution in [2.75, 3.05) is 0 Å². The molecule has 3 rings (SSSR count). The molecule has 88 valence electrons. The van der Waals surface area contributed by atoms with Crippen LogP contribution < -0.4 is 0 Å². The zero-order valence-corrected chi connectivity index (χ0v) is 9.74. The smallest absolute Gasteiger partial charge is 0.178 e. The molecule has 0 aliphatic heterocycles. The van der Waals surface area contributed by atoms with Gasteiger partial charge in [-0.25, -0.2) is 4.98 Å². The van der Waals surface area contributed by atoms with Crippen molar-refractivity contribution in [3.63, 3.8) is 0 Å². The van der Waals surface area contributed by atoms with Gasteiger partial charge in [-0.2, -0.15) is 4.68 Å². The molecule has 0 aliphatic carbocycles. The second-order valence-electron chi connectivity index (χ2n) is 3.93. The third-order valence-electron chi connectivity index (χ3n) is 2.66. The van der Waals surface area contributed by atoms with Crippen molar-refractivity contribution in [2.45, 2.75) is 6.92 Å². The molecule has 0 N–H and O–H groups in total. The fraction of sp³-hybridized carbons (Fsp3) is 0.0769. The van der Waals surface area contributed by atoms with Gasteiger partial charge in [0.2, 0.25) is 0 Å². The molecule has 0 aliphatic rings. The average Bonchev–Trinajstić information content (AvgIpc) is 2.82. The lowest BCUT2D eigenvalue weighted by Gasteiger charge is -2.02. The van der Waals surface area contributed by atoms with Gasteiger partial charge in [0.05, 0.1) is 5.52 Å². The molecular formula is C13H10N4O. The molecule has 0 fully saturated rings. The van der Waals surface area contributed by atoms with Gasteiger partial charge in [0, 0.05) is 6.92 Å². The van der Waals surface area contributed by atoms with Crippen LogP contribution in [-0.2, 0) is 0 Å². The van der Waals surface area contributed by atoms with Crippen molar-refractivity contribution < 1.29 is 4.79 Å². The quantitative estimate of drug-likeness (QED) is 0.641. The summed E-state index contributed by atoms with van der Waals surface area (Å²) in [5, 5.41) is 8.12. The van der Waals surface area contributed by atoms with Gasteiger partial charge >= 0.3 is 0 Å². The Morgan fingerprint density at radius 2 is 1.94 bits per heavy atom. The lowest BCUT2D eigenvalue weighted by molar-refractivity contribution is 0.101. The van der Waals surface area contributed by atoms with E-state index >= 15 is 0 Å². The van der Waals surface area contributed by atoms with Crippen LogP contribution in [0, 0.1) is 0 Å². The molecule has 2 heterocycles. The minimum Gasteiger partial charge on any atom is -0.293 e. The number of pyridine rings is 1. The molecule has 5 heteroatoms. The summed E-state index contributed by atoms with van der Waals surface area (Å²) in [7, 11) is 0. The summed E-state index contributed by atoms with van der Waals surface area (Å²) < 4.78 is 1.63. The molecule has 0 unspecified atom stereocenters. The van der Waals surface area contributed by atoms with Gasteiger partial charge in [-0.3, -0.25) is 4.79 Å². The summed E-state index contributed by atoms with van der Waals surface area (Å²) in [6.45, 7) is 1.49. The number of nitrogens with zero attached hydrogens (tertiary/aromatic N) is 4. The molecule has 0 amide bonds. The van der Waals surface area contributed by atoms with Crippen LogP contribution in [0.25, 0.3) is 16.9 Å². The van der Waals surface area contributed by atoms with Crippen LogP contribution in [0.1, 0.15) is 17.4 Å². The third-order valence-corrected chi connectivity index (χ3v) is 2.66. The zero-order chi connectivity index (χ0) is 12.5. The highest BCUT2D eigenvalue weighted by Crippen LogP contribution is 2.14. The minimum absolute atomic E-state index is 0.0683. The molecule has 18 heavy (non-hydrogen) atoms. The number of para-hydroxylation sites is 1. The number of aromatic nitrogens is 4. The first-order valence-corrected chi connectivity index (χ1v) is 5.54. The van der Waals surface area contributed by atoms with Gasteiger partial charge in [-0.05, 0) is 24.3 Å². The Balaban J connectivity index is 2.20. The fourth-order valence-corrected chi connectivity index (χ4v) is 1.78. The van der Waals surface area contributed by atoms with Gasteiger partial charge in [-0.15, -0.1) is 5.10 Å². The Morgan fingerprint density at radius 1 is 1.11 bits per heavy atom. The van der Waals surface area contributed by atoms with E-state index in [0.717, 1.165) is 11.0 Å². The second-order valence-corrected chi connectivity index (χ2v) is 3.93. The van der Waals surface area contributed by atoms with Gasteiger partial charge in [-0.1, -0.05) is 23.4 Å². The first-order chi connectivity index (χ1) is 8.75. The Morgan fingerprint density at radius 3 is 2.78 bits per heavy atom. The monoisotopic (exact) mass is 238 g/mol. The SMILES string of the molecule is CC(=O)c1cccc(-n2nnc3ccccc32)n1. The average molecular weight is 238 g/mol. The Kier molecular flexibility index (Phi) is 2.37. The topological polar surface area (TPSA) is 60.7 Å². The highest BCUT2D eigenvalue weighted by atomic mass is 16.1. The number of rotatable bonds is 2. The highest BCUT2D eigenvalue weighted by Gasteiger charge is 2.08. The second kappa shape index (κ2) is 4.03. The lowest BCUT2D eigenvalue weighted by atomic mass is 10.2. The van der Waals surface area contributed by atoms with E-state index in [0.29, 0.717) is 11.5 Å². The van der Waals surface area contributed by atoms with Gasteiger partial charge in [0.25, 0.3) is 0 Å². The normalized spacial score (nSPS) is 10.7. The van der Waals surface area contributed by atoms with Crippen LogP contribution in [0.3, 0.4) is 0 Å². The fourth-order valence-electron chi connectivity index (χ4n) is 1.78. The summed E-state index contributed by atoms with van der Waals surface area (Å²) in [5.41, 5.74) is 2.09. The Bertz CT molecular complexity index is 732. The van der Waals surface area contributed by atoms with Gasteiger partial charge < -0.3 is 0 Å². The molecule has 0 saturated heterocycles. The van der Waals surface area contributed by atoms with Crippen LogP contribution >= 0.6 is 0 Å².